The zero-order chi connectivity index (χ0) is 17.8. The second kappa shape index (κ2) is 7.95. The Balaban J connectivity index is 1.80. The number of benzene rings is 1. The normalized spacial score (nSPS) is 25.5. The predicted molar refractivity (Wildman–Crippen MR) is 95.8 cm³/mol. The minimum absolute atomic E-state index is 0.0745. The smallest absolute Gasteiger partial charge is 0.314 e. The second-order valence-electron chi connectivity index (χ2n) is 7.21. The third-order valence-corrected chi connectivity index (χ3v) is 5.71. The molecule has 0 N–H and O–H groups in total. The maximum absolute atomic E-state index is 13.0. The van der Waals surface area contributed by atoms with Gasteiger partial charge in [0.25, 0.3) is 0 Å². The summed E-state index contributed by atoms with van der Waals surface area (Å²) in [5.41, 5.74) is 0.456. The molecule has 1 saturated heterocycles. The van der Waals surface area contributed by atoms with Crippen LogP contribution < -0.4 is 0 Å². The highest BCUT2D eigenvalue weighted by Crippen LogP contribution is 2.31. The Morgan fingerprint density at radius 3 is 2.44 bits per heavy atom. The summed E-state index contributed by atoms with van der Waals surface area (Å²) >= 11 is 0. The molecule has 1 aromatic carbocycles. The van der Waals surface area contributed by atoms with E-state index in [1.807, 2.05) is 0 Å². The average Bonchev–Trinajstić information content (AvgIpc) is 3.16. The van der Waals surface area contributed by atoms with Crippen molar-refractivity contribution in [3.05, 3.63) is 46.0 Å². The quantitative estimate of drug-likeness (QED) is 0.608. The first kappa shape index (κ1) is 17.9. The highest BCUT2D eigenvalue weighted by Gasteiger charge is 2.41. The molecule has 0 bridgehead atoms. The lowest BCUT2D eigenvalue weighted by Gasteiger charge is -2.42. The molecule has 1 aliphatic heterocycles. The largest absolute Gasteiger partial charge is 0.335 e. The van der Waals surface area contributed by atoms with Crippen molar-refractivity contribution in [2.75, 3.05) is 20.1 Å². The van der Waals surface area contributed by atoms with Gasteiger partial charge < -0.3 is 4.90 Å². The van der Waals surface area contributed by atoms with Gasteiger partial charge in [0.15, 0.2) is 0 Å². The number of amides is 1. The van der Waals surface area contributed by atoms with Crippen LogP contribution in [0.4, 0.5) is 0 Å². The Kier molecular flexibility index (Phi) is 5.68. The van der Waals surface area contributed by atoms with E-state index in [0.29, 0.717) is 11.6 Å². The van der Waals surface area contributed by atoms with Crippen LogP contribution in [0.2, 0.25) is 0 Å². The van der Waals surface area contributed by atoms with Crippen molar-refractivity contribution in [3.8, 4) is 0 Å². The highest BCUT2D eigenvalue weighted by molar-refractivity contribution is 5.82. The molecule has 6 nitrogen and oxygen atoms in total. The van der Waals surface area contributed by atoms with E-state index in [9.17, 15) is 14.9 Å². The zero-order valence-corrected chi connectivity index (χ0v) is 14.8. The van der Waals surface area contributed by atoms with Crippen molar-refractivity contribution >= 4 is 5.91 Å². The number of hydrogen-bond acceptors (Lipinski definition) is 4. The van der Waals surface area contributed by atoms with Gasteiger partial charge in [-0.1, -0.05) is 43.2 Å². The summed E-state index contributed by atoms with van der Waals surface area (Å²) < 4.78 is 0. The number of hydrogen-bond donors (Lipinski definition) is 0. The molecule has 136 valence electrons. The fourth-order valence-corrected chi connectivity index (χ4v) is 4.39. The van der Waals surface area contributed by atoms with E-state index in [1.54, 1.807) is 42.3 Å². The second-order valence-corrected chi connectivity index (χ2v) is 7.21. The van der Waals surface area contributed by atoms with Crippen LogP contribution in [0.25, 0.3) is 0 Å². The van der Waals surface area contributed by atoms with E-state index in [1.165, 1.54) is 19.3 Å². The first-order chi connectivity index (χ1) is 12.1. The fourth-order valence-electron chi connectivity index (χ4n) is 4.39. The Bertz CT molecular complexity index is 601. The van der Waals surface area contributed by atoms with Gasteiger partial charge in [0.2, 0.25) is 0 Å². The fraction of sp³-hybridized carbons (Fsp3) is 0.632. The van der Waals surface area contributed by atoms with Crippen LogP contribution >= 0.6 is 0 Å². The number of likely N-dealkylation sites (N-methyl/N-ethyl adjacent to an activating group) is 1. The standard InChI is InChI=1S/C19H27N3O3/c1-20(16-11-5-6-12-17(16)21-13-7-8-14-21)19(23)18(22(24)25)15-9-3-2-4-10-15/h2-4,9-10,16-18H,5-8,11-14H2,1H3/t16?,17?,18-/m0/s1. The molecule has 1 saturated carbocycles. The topological polar surface area (TPSA) is 66.7 Å². The van der Waals surface area contributed by atoms with E-state index in [2.05, 4.69) is 4.90 Å². The molecule has 1 heterocycles. The molecule has 2 fully saturated rings. The molecule has 1 aromatic rings. The summed E-state index contributed by atoms with van der Waals surface area (Å²) in [4.78, 5) is 28.3. The number of carbonyl (C=O) groups is 1. The lowest BCUT2D eigenvalue weighted by molar-refractivity contribution is -0.515. The third-order valence-electron chi connectivity index (χ3n) is 5.71. The molecule has 1 aliphatic carbocycles. The number of rotatable bonds is 5. The van der Waals surface area contributed by atoms with Crippen LogP contribution in [-0.2, 0) is 4.79 Å². The van der Waals surface area contributed by atoms with Crippen LogP contribution in [0.1, 0.15) is 50.1 Å². The summed E-state index contributed by atoms with van der Waals surface area (Å²) in [6, 6.07) is 7.72. The van der Waals surface area contributed by atoms with Crippen molar-refractivity contribution in [1.82, 2.24) is 9.80 Å². The van der Waals surface area contributed by atoms with Crippen LogP contribution in [0.3, 0.4) is 0 Å². The van der Waals surface area contributed by atoms with E-state index in [0.717, 1.165) is 32.4 Å². The monoisotopic (exact) mass is 345 g/mol. The number of nitrogens with zero attached hydrogens (tertiary/aromatic N) is 3. The molecule has 0 spiro atoms. The lowest BCUT2D eigenvalue weighted by atomic mass is 9.87. The minimum Gasteiger partial charge on any atom is -0.335 e. The van der Waals surface area contributed by atoms with E-state index in [4.69, 9.17) is 0 Å². The molecule has 25 heavy (non-hydrogen) atoms. The summed E-state index contributed by atoms with van der Waals surface area (Å²) in [5.74, 6) is -0.396. The Morgan fingerprint density at radius 1 is 1.16 bits per heavy atom. The molecule has 2 unspecified atom stereocenters. The van der Waals surface area contributed by atoms with Crippen molar-refractivity contribution < 1.29 is 9.72 Å². The van der Waals surface area contributed by atoms with Gasteiger partial charge >= 0.3 is 11.9 Å². The van der Waals surface area contributed by atoms with Crippen molar-refractivity contribution in [2.45, 2.75) is 56.7 Å². The van der Waals surface area contributed by atoms with Gasteiger partial charge in [0.1, 0.15) is 0 Å². The van der Waals surface area contributed by atoms with E-state index in [-0.39, 0.29) is 6.04 Å². The minimum atomic E-state index is -1.31. The summed E-state index contributed by atoms with van der Waals surface area (Å²) in [6.45, 7) is 2.17. The van der Waals surface area contributed by atoms with Crippen LogP contribution in [0, 0.1) is 10.1 Å². The maximum atomic E-state index is 13.0. The molecule has 3 rings (SSSR count). The number of nitro groups is 1. The van der Waals surface area contributed by atoms with Crippen molar-refractivity contribution in [2.24, 2.45) is 0 Å². The number of carbonyl (C=O) groups excluding carboxylic acids is 1. The Labute approximate surface area is 148 Å². The van der Waals surface area contributed by atoms with Gasteiger partial charge in [-0.05, 0) is 38.8 Å². The third kappa shape index (κ3) is 3.84. The molecular formula is C19H27N3O3. The molecule has 0 radical (unpaired) electrons. The van der Waals surface area contributed by atoms with Gasteiger partial charge in [-0.2, -0.15) is 0 Å². The number of likely N-dealkylation sites (tertiary alicyclic amines) is 1. The lowest BCUT2D eigenvalue weighted by Crippen LogP contribution is -2.54. The molecule has 3 atom stereocenters. The molecule has 2 aliphatic rings. The van der Waals surface area contributed by atoms with Gasteiger partial charge in [-0.15, -0.1) is 0 Å². The van der Waals surface area contributed by atoms with E-state index >= 15 is 0 Å². The summed E-state index contributed by atoms with van der Waals surface area (Å²) in [7, 11) is 1.75. The average molecular weight is 345 g/mol. The van der Waals surface area contributed by atoms with Crippen molar-refractivity contribution in [3.63, 3.8) is 0 Å². The SMILES string of the molecule is CN(C(=O)[C@H](c1ccccc1)[N+](=O)[O-])C1CCCCC1N1CCCC1. The summed E-state index contributed by atoms with van der Waals surface area (Å²) in [6.07, 6.45) is 6.70. The summed E-state index contributed by atoms with van der Waals surface area (Å²) in [5, 5.41) is 11.6. The Hall–Kier alpha value is -1.95. The molecular weight excluding hydrogens is 318 g/mol. The maximum Gasteiger partial charge on any atom is 0.314 e. The van der Waals surface area contributed by atoms with Crippen molar-refractivity contribution in [1.29, 1.82) is 0 Å². The van der Waals surface area contributed by atoms with Crippen LogP contribution in [0.15, 0.2) is 30.3 Å². The molecule has 0 aromatic heterocycles. The van der Waals surface area contributed by atoms with Crippen LogP contribution in [-0.4, -0.2) is 52.9 Å². The molecule has 1 amide bonds. The Morgan fingerprint density at radius 2 is 1.80 bits per heavy atom. The van der Waals surface area contributed by atoms with Gasteiger partial charge in [-0.3, -0.25) is 19.8 Å². The van der Waals surface area contributed by atoms with Crippen LogP contribution in [0.5, 0.6) is 0 Å². The highest BCUT2D eigenvalue weighted by atomic mass is 16.6. The van der Waals surface area contributed by atoms with E-state index < -0.39 is 16.9 Å². The first-order valence-corrected chi connectivity index (χ1v) is 9.29. The van der Waals surface area contributed by atoms with Gasteiger partial charge in [0.05, 0.1) is 0 Å². The van der Waals surface area contributed by atoms with Gasteiger partial charge in [0, 0.05) is 29.6 Å². The predicted octanol–water partition coefficient (Wildman–Crippen LogP) is 2.87. The van der Waals surface area contributed by atoms with Gasteiger partial charge in [-0.25, -0.2) is 0 Å². The first-order valence-electron chi connectivity index (χ1n) is 9.29. The molecule has 6 heteroatoms. The zero-order valence-electron chi connectivity index (χ0n) is 14.8.